The summed E-state index contributed by atoms with van der Waals surface area (Å²) in [5, 5.41) is 6.34. The lowest BCUT2D eigenvalue weighted by molar-refractivity contribution is -0.185. The van der Waals surface area contributed by atoms with E-state index in [0.29, 0.717) is 25.5 Å². The first-order chi connectivity index (χ1) is 10.5. The molecule has 0 aromatic carbocycles. The van der Waals surface area contributed by atoms with E-state index in [4.69, 9.17) is 4.74 Å². The summed E-state index contributed by atoms with van der Waals surface area (Å²) in [6.45, 7) is 2.03. The van der Waals surface area contributed by atoms with Crippen LogP contribution in [0.4, 0.5) is 13.2 Å². The van der Waals surface area contributed by atoms with Crippen molar-refractivity contribution in [3.63, 3.8) is 0 Å². The van der Waals surface area contributed by atoms with E-state index in [1.807, 2.05) is 0 Å². The van der Waals surface area contributed by atoms with Crippen LogP contribution in [0.2, 0.25) is 0 Å². The number of alkyl halides is 3. The molecule has 8 heteroatoms. The molecule has 1 saturated heterocycles. The number of aliphatic imine (C=N–C) groups is 1. The largest absolute Gasteiger partial charge is 0.391 e. The highest BCUT2D eigenvalue weighted by Crippen LogP contribution is 2.39. The molecule has 2 fully saturated rings. The smallest absolute Gasteiger partial charge is 0.376 e. The van der Waals surface area contributed by atoms with E-state index in [9.17, 15) is 13.2 Å². The van der Waals surface area contributed by atoms with Gasteiger partial charge in [-0.2, -0.15) is 13.2 Å². The quantitative estimate of drug-likeness (QED) is 0.394. The minimum absolute atomic E-state index is 0. The van der Waals surface area contributed by atoms with E-state index in [0.717, 1.165) is 25.9 Å². The van der Waals surface area contributed by atoms with Crippen molar-refractivity contribution in [2.75, 3.05) is 26.7 Å². The van der Waals surface area contributed by atoms with Gasteiger partial charge in [-0.15, -0.1) is 24.0 Å². The first kappa shape index (κ1) is 20.8. The Morgan fingerprint density at radius 1 is 1.13 bits per heavy atom. The van der Waals surface area contributed by atoms with Gasteiger partial charge in [0.1, 0.15) is 0 Å². The highest BCUT2D eigenvalue weighted by atomic mass is 127. The third-order valence-corrected chi connectivity index (χ3v) is 4.55. The molecule has 0 aromatic rings. The monoisotopic (exact) mass is 449 g/mol. The van der Waals surface area contributed by atoms with Crippen molar-refractivity contribution < 1.29 is 17.9 Å². The maximum atomic E-state index is 12.8. The van der Waals surface area contributed by atoms with Gasteiger partial charge in [0.05, 0.1) is 12.0 Å². The molecule has 23 heavy (non-hydrogen) atoms. The maximum absolute atomic E-state index is 12.8. The Labute approximate surface area is 153 Å². The predicted molar refractivity (Wildman–Crippen MR) is 95.3 cm³/mol. The van der Waals surface area contributed by atoms with Crippen molar-refractivity contribution in [1.29, 1.82) is 0 Å². The molecule has 0 radical (unpaired) electrons. The molecule has 1 aliphatic heterocycles. The fraction of sp³-hybridized carbons (Fsp3) is 0.933. The maximum Gasteiger partial charge on any atom is 0.391 e. The van der Waals surface area contributed by atoms with Gasteiger partial charge in [0, 0.05) is 26.7 Å². The molecule has 0 spiro atoms. The Kier molecular flexibility index (Phi) is 8.95. The molecule has 2 N–H and O–H groups in total. The summed E-state index contributed by atoms with van der Waals surface area (Å²) >= 11 is 0. The number of hydrogen-bond acceptors (Lipinski definition) is 2. The van der Waals surface area contributed by atoms with Gasteiger partial charge in [-0.1, -0.05) is 6.42 Å². The summed E-state index contributed by atoms with van der Waals surface area (Å²) in [5.74, 6) is -0.443. The number of halogens is 4. The highest BCUT2D eigenvalue weighted by molar-refractivity contribution is 14.0. The zero-order valence-corrected chi connectivity index (χ0v) is 15.8. The lowest BCUT2D eigenvalue weighted by Gasteiger charge is -2.31. The molecule has 4 nitrogen and oxygen atoms in total. The molecule has 3 unspecified atom stereocenters. The second-order valence-corrected chi connectivity index (χ2v) is 6.24. The van der Waals surface area contributed by atoms with E-state index >= 15 is 0 Å². The summed E-state index contributed by atoms with van der Waals surface area (Å²) in [4.78, 5) is 4.12. The third-order valence-electron chi connectivity index (χ3n) is 4.55. The Bertz CT molecular complexity index is 373. The van der Waals surface area contributed by atoms with Gasteiger partial charge in [-0.25, -0.2) is 0 Å². The number of hydrogen-bond donors (Lipinski definition) is 2. The van der Waals surface area contributed by atoms with Crippen LogP contribution in [0.1, 0.15) is 38.5 Å². The number of nitrogens with one attached hydrogen (secondary N) is 2. The van der Waals surface area contributed by atoms with Gasteiger partial charge in [0.25, 0.3) is 0 Å². The van der Waals surface area contributed by atoms with Crippen LogP contribution >= 0.6 is 24.0 Å². The fourth-order valence-corrected chi connectivity index (χ4v) is 3.25. The zero-order chi connectivity index (χ0) is 16.0. The van der Waals surface area contributed by atoms with Gasteiger partial charge in [0.15, 0.2) is 5.96 Å². The van der Waals surface area contributed by atoms with Crippen LogP contribution in [0.15, 0.2) is 4.99 Å². The van der Waals surface area contributed by atoms with Crippen LogP contribution in [-0.2, 0) is 4.74 Å². The van der Waals surface area contributed by atoms with Crippen molar-refractivity contribution in [3.05, 3.63) is 0 Å². The summed E-state index contributed by atoms with van der Waals surface area (Å²) < 4.78 is 43.9. The Balaban J connectivity index is 0.00000264. The van der Waals surface area contributed by atoms with Crippen LogP contribution in [0, 0.1) is 11.8 Å². The van der Waals surface area contributed by atoms with E-state index in [1.165, 1.54) is 0 Å². The molecule has 0 amide bonds. The van der Waals surface area contributed by atoms with E-state index in [2.05, 4.69) is 15.6 Å². The Morgan fingerprint density at radius 2 is 1.87 bits per heavy atom. The lowest BCUT2D eigenvalue weighted by atomic mass is 9.81. The van der Waals surface area contributed by atoms with Gasteiger partial charge in [0.2, 0.25) is 0 Å². The van der Waals surface area contributed by atoms with Crippen molar-refractivity contribution in [3.8, 4) is 0 Å². The van der Waals surface area contributed by atoms with Crippen LogP contribution in [0.25, 0.3) is 0 Å². The first-order valence-corrected chi connectivity index (χ1v) is 8.12. The van der Waals surface area contributed by atoms with Crippen molar-refractivity contribution in [2.24, 2.45) is 16.8 Å². The zero-order valence-electron chi connectivity index (χ0n) is 13.5. The average molecular weight is 449 g/mol. The summed E-state index contributed by atoms with van der Waals surface area (Å²) in [5.41, 5.74) is 0. The second kappa shape index (κ2) is 9.90. The van der Waals surface area contributed by atoms with Gasteiger partial charge in [-0.05, 0) is 38.0 Å². The van der Waals surface area contributed by atoms with E-state index in [1.54, 1.807) is 7.05 Å². The number of nitrogens with zero attached hydrogens (tertiary/aromatic N) is 1. The van der Waals surface area contributed by atoms with Crippen LogP contribution in [0.3, 0.4) is 0 Å². The molecule has 1 aliphatic carbocycles. The summed E-state index contributed by atoms with van der Waals surface area (Å²) in [6.07, 6.45) is 0.270. The predicted octanol–water partition coefficient (Wildman–Crippen LogP) is 3.32. The van der Waals surface area contributed by atoms with Gasteiger partial charge in [-0.3, -0.25) is 4.99 Å². The number of rotatable bonds is 4. The molecule has 3 atom stereocenters. The van der Waals surface area contributed by atoms with Crippen molar-refractivity contribution in [1.82, 2.24) is 10.6 Å². The molecule has 0 aromatic heterocycles. The summed E-state index contributed by atoms with van der Waals surface area (Å²) in [6, 6.07) is 0. The fourth-order valence-electron chi connectivity index (χ4n) is 3.25. The molecule has 2 rings (SSSR count). The van der Waals surface area contributed by atoms with Gasteiger partial charge < -0.3 is 15.4 Å². The topological polar surface area (TPSA) is 45.7 Å². The number of ether oxygens (including phenoxy) is 1. The van der Waals surface area contributed by atoms with E-state index in [-0.39, 0.29) is 48.8 Å². The Morgan fingerprint density at radius 3 is 2.48 bits per heavy atom. The lowest BCUT2D eigenvalue weighted by Crippen LogP contribution is -2.43. The van der Waals surface area contributed by atoms with Crippen molar-refractivity contribution >= 4 is 29.9 Å². The van der Waals surface area contributed by atoms with Crippen LogP contribution in [-0.4, -0.2) is 45.0 Å². The molecular weight excluding hydrogens is 422 g/mol. The van der Waals surface area contributed by atoms with Crippen LogP contribution < -0.4 is 10.6 Å². The molecule has 0 bridgehead atoms. The third kappa shape index (κ3) is 7.03. The Hall–Kier alpha value is -0.250. The summed E-state index contributed by atoms with van der Waals surface area (Å²) in [7, 11) is 1.67. The minimum Gasteiger partial charge on any atom is -0.376 e. The molecule has 2 aliphatic rings. The normalized spacial score (nSPS) is 29.0. The first-order valence-electron chi connectivity index (χ1n) is 8.12. The number of guanidine groups is 1. The second-order valence-electron chi connectivity index (χ2n) is 6.24. The molecule has 1 saturated carbocycles. The van der Waals surface area contributed by atoms with Crippen molar-refractivity contribution in [2.45, 2.75) is 50.8 Å². The standard InChI is InChI=1S/C15H26F3N3O.HI/c1-19-14(21-10-13-6-3-7-22-13)20-9-11-4-2-5-12(8-11)15(16,17)18;/h11-13H,2-10H2,1H3,(H2,19,20,21);1H. The van der Waals surface area contributed by atoms with E-state index < -0.39 is 12.1 Å². The highest BCUT2D eigenvalue weighted by Gasteiger charge is 2.42. The SMILES string of the molecule is CN=C(NCC1CCCC(C(F)(F)F)C1)NCC1CCCO1.I. The molecular formula is C15H27F3IN3O. The average Bonchev–Trinajstić information content (AvgIpc) is 3.00. The molecule has 136 valence electrons. The molecule has 1 heterocycles. The van der Waals surface area contributed by atoms with Crippen LogP contribution in [0.5, 0.6) is 0 Å². The minimum atomic E-state index is -4.06. The van der Waals surface area contributed by atoms with Gasteiger partial charge >= 0.3 is 6.18 Å².